The van der Waals surface area contributed by atoms with Gasteiger partial charge in [-0.2, -0.15) is 65.9 Å². The van der Waals surface area contributed by atoms with Gasteiger partial charge in [0.05, 0.1) is 0 Å². The van der Waals surface area contributed by atoms with Crippen molar-refractivity contribution in [1.82, 2.24) is 0 Å². The summed E-state index contributed by atoms with van der Waals surface area (Å²) in [4.78, 5) is 0. The molecule has 0 fully saturated rings. The van der Waals surface area contributed by atoms with Crippen LogP contribution in [0.4, 0.5) is 65.9 Å². The van der Waals surface area contributed by atoms with E-state index in [1.165, 1.54) is 13.8 Å². The highest BCUT2D eigenvalue weighted by Gasteiger charge is 2.45. The first kappa shape index (κ1) is 105. The summed E-state index contributed by atoms with van der Waals surface area (Å²) in [6, 6.07) is -0.117. The molecule has 0 aliphatic heterocycles. The normalized spacial score (nSPS) is 15.7. The van der Waals surface area contributed by atoms with Crippen molar-refractivity contribution in [2.45, 2.75) is 305 Å². The Kier molecular flexibility index (Phi) is 52.0. The summed E-state index contributed by atoms with van der Waals surface area (Å²) >= 11 is 0. The summed E-state index contributed by atoms with van der Waals surface area (Å²) in [5.74, 6) is 0. The summed E-state index contributed by atoms with van der Waals surface area (Å²) in [5, 5.41) is 0. The molecule has 0 saturated heterocycles. The van der Waals surface area contributed by atoms with Gasteiger partial charge in [0, 0.05) is 38.7 Å². The van der Waals surface area contributed by atoms with E-state index in [2.05, 4.69) is 85.1 Å². The lowest BCUT2D eigenvalue weighted by Crippen LogP contribution is -2.53. The molecule has 0 aromatic carbocycles. The van der Waals surface area contributed by atoms with Crippen LogP contribution in [0.25, 0.3) is 0 Å². The molecule has 0 aromatic rings. The predicted molar refractivity (Wildman–Crippen MR) is 385 cm³/mol. The third-order valence-electron chi connectivity index (χ3n) is 10.2. The molecule has 0 aromatic heterocycles. The van der Waals surface area contributed by atoms with Gasteiger partial charge in [0.1, 0.15) is 6.79 Å². The Bertz CT molecular complexity index is 1830. The summed E-state index contributed by atoms with van der Waals surface area (Å²) in [5.41, 5.74) is -0.926. The van der Waals surface area contributed by atoms with E-state index in [0.29, 0.717) is 6.79 Å². The Morgan fingerprint density at radius 2 is 0.576 bits per heavy atom. The second-order valence-corrected chi connectivity index (χ2v) is 79.5. The zero-order valence-electron chi connectivity index (χ0n) is 62.1. The van der Waals surface area contributed by atoms with Gasteiger partial charge in [-0.3, -0.25) is 0 Å². The molecular weight excluding hydrogens is 1500 g/mol. The highest BCUT2D eigenvalue weighted by atomic mass is 28.5. The molecule has 0 saturated carbocycles. The van der Waals surface area contributed by atoms with Crippen LogP contribution in [-0.2, 0) is 50.3 Å². The van der Waals surface area contributed by atoms with Crippen LogP contribution >= 0.6 is 0 Å². The van der Waals surface area contributed by atoms with Crippen LogP contribution in [0.1, 0.15) is 65.2 Å². The van der Waals surface area contributed by atoms with E-state index in [-0.39, 0.29) is 38.0 Å². The molecule has 0 spiro atoms. The van der Waals surface area contributed by atoms with Gasteiger partial charge in [-0.15, -0.1) is 0 Å². The fourth-order valence-electron chi connectivity index (χ4n) is 7.81. The lowest BCUT2D eigenvalue weighted by Gasteiger charge is -2.37. The molecule has 12 nitrogen and oxygen atoms in total. The largest absolute Gasteiger partial charge is 0.440 e. The van der Waals surface area contributed by atoms with Gasteiger partial charge < -0.3 is 50.3 Å². The van der Waals surface area contributed by atoms with E-state index in [4.69, 9.17) is 50.3 Å². The second kappa shape index (κ2) is 45.7. The lowest BCUT2D eigenvalue weighted by molar-refractivity contribution is -0.148. The average molecular weight is 1630 g/mol. The SMILES string of the molecule is CC(C)(CCC(F)(F)F)CCC(F)(F)F.C[SiH](C)OCCCC(F)(F)F.C[SiH](C)OCO[SiH](C)C.C[SiH](C)O[Si](C)(C)O[Si](C)(CCC(F)(F)F)O[SiH](C)C.C[SiH](O[Si](C)(C)C)O[Si](C)(C)O[Si](C)(C)C.C[SiH](O[Si](C)(C)C)O[Si](C)(CCC(F)(F)F)O[Si](C)(C)C. The topological polar surface area (TPSA) is 111 Å². The third kappa shape index (κ3) is 89.7. The van der Waals surface area contributed by atoms with Gasteiger partial charge in [0.25, 0.3) is 18.6 Å². The van der Waals surface area contributed by atoms with Crippen LogP contribution in [-0.4, -0.2) is 176 Å². The molecule has 0 aliphatic carbocycles. The summed E-state index contributed by atoms with van der Waals surface area (Å²) in [7, 11) is -25.8. The monoisotopic (exact) mass is 1620 g/mol. The Balaban J connectivity index is -0.000000246. The zero-order chi connectivity index (χ0) is 75.0. The van der Waals surface area contributed by atoms with Crippen LogP contribution in [0.15, 0.2) is 0 Å². The van der Waals surface area contributed by atoms with Gasteiger partial charge in [-0.1, -0.05) is 13.8 Å². The van der Waals surface area contributed by atoms with E-state index in [0.717, 1.165) is 0 Å². The van der Waals surface area contributed by atoms with E-state index in [1.807, 2.05) is 98.2 Å². The van der Waals surface area contributed by atoms with Crippen molar-refractivity contribution in [3.8, 4) is 0 Å². The van der Waals surface area contributed by atoms with E-state index in [1.54, 1.807) is 13.1 Å². The van der Waals surface area contributed by atoms with Crippen LogP contribution in [0.3, 0.4) is 0 Å². The van der Waals surface area contributed by atoms with Crippen molar-refractivity contribution in [3.05, 3.63) is 0 Å². The molecule has 0 amide bonds. The lowest BCUT2D eigenvalue weighted by atomic mass is 9.83. The summed E-state index contributed by atoms with van der Waals surface area (Å²) in [6.45, 7) is 64.9. The number of halogens is 15. The minimum atomic E-state index is -4.30. The van der Waals surface area contributed by atoms with Crippen molar-refractivity contribution in [2.75, 3.05) is 13.4 Å². The van der Waals surface area contributed by atoms with Gasteiger partial charge >= 0.3 is 65.1 Å². The van der Waals surface area contributed by atoms with Crippen LogP contribution in [0.5, 0.6) is 0 Å². The highest BCUT2D eigenvalue weighted by Crippen LogP contribution is 2.37. The highest BCUT2D eigenvalue weighted by molar-refractivity contribution is 6.87. The summed E-state index contributed by atoms with van der Waals surface area (Å²) in [6.07, 6.45) is -25.9. The number of hydrogen-bond donors (Lipinski definition) is 0. The van der Waals surface area contributed by atoms with Crippen molar-refractivity contribution in [3.63, 3.8) is 0 Å². The summed E-state index contributed by atoms with van der Waals surface area (Å²) < 4.78 is 250. The maximum absolute atomic E-state index is 12.5. The molecule has 0 aliphatic rings. The van der Waals surface area contributed by atoms with Crippen molar-refractivity contribution in [1.29, 1.82) is 0 Å². The minimum Gasteiger partial charge on any atom is -0.440 e. The Morgan fingerprint density at radius 3 is 0.848 bits per heavy atom. The Morgan fingerprint density at radius 1 is 0.283 bits per heavy atom. The fraction of sp³-hybridized carbons (Fsp3) is 1.00. The van der Waals surface area contributed by atoms with Crippen LogP contribution < -0.4 is 0 Å². The maximum Gasteiger partial charge on any atom is 0.389 e. The first-order chi connectivity index (χ1) is 40.0. The molecule has 92 heavy (non-hydrogen) atoms. The molecule has 0 bridgehead atoms. The van der Waals surface area contributed by atoms with Gasteiger partial charge in [-0.25, -0.2) is 0 Å². The van der Waals surface area contributed by atoms with E-state index < -0.39 is 200 Å². The van der Waals surface area contributed by atoms with E-state index in [9.17, 15) is 65.9 Å². The molecule has 0 N–H and O–H groups in total. The molecular formula is C50H127F15O12Si15. The number of hydrogen-bond acceptors (Lipinski definition) is 12. The van der Waals surface area contributed by atoms with Crippen LogP contribution in [0, 0.1) is 5.41 Å². The zero-order valence-corrected chi connectivity index (χ0v) is 78.2. The Hall–Kier alpha value is 1.72. The third-order valence-corrected chi connectivity index (χ3v) is 50.6. The number of alkyl halides is 15. The smallest absolute Gasteiger partial charge is 0.389 e. The first-order valence-corrected chi connectivity index (χ1v) is 73.8. The molecule has 0 rings (SSSR count). The van der Waals surface area contributed by atoms with Gasteiger partial charge in [-0.05, 0) is 233 Å². The van der Waals surface area contributed by atoms with Gasteiger partial charge in [0.2, 0.25) is 0 Å². The van der Waals surface area contributed by atoms with Crippen molar-refractivity contribution < 1.29 is 116 Å². The van der Waals surface area contributed by atoms with Crippen molar-refractivity contribution in [2.24, 2.45) is 5.41 Å². The molecule has 564 valence electrons. The second-order valence-electron chi connectivity index (χ2n) is 29.6. The quantitative estimate of drug-likeness (QED) is 0.0265. The molecule has 0 radical (unpaired) electrons. The van der Waals surface area contributed by atoms with E-state index >= 15 is 0 Å². The molecule has 0 heterocycles. The molecule has 4 unspecified atom stereocenters. The standard InChI is InChI=1S/C11H29F3O3Si4.C10H27F3O3Si4.C9H14F6.C9H28O3Si4.C6H13F3OSi.C5H16O2Si2/c1-18(15-19(2,3)4)16-21(8,17-20(5,6)7)10-9-11(12,13)14;1-17(2)14-19(5,6)16-20(7,15-18(3)4)9-8-10(11,12)13;1-7(2,3-5-8(10,11)12)4-6-9(13,14)15;1-13(10-14(2,3)4)11-16(8,9)12-15(5,6)7;1-11(2)10-5-3-4-6(7,8)9;1-8(2)6-5-7-9(3)4/h18H,9-10H2,1-8H3;17-18H,8-9H2,1-7H3;3-6H2,1-2H3;13H,1-9H3;11H,3-5H2,1-2H3;8-9H,5H2,1-4H3. The van der Waals surface area contributed by atoms with Crippen LogP contribution in [0.2, 0.25) is 208 Å². The van der Waals surface area contributed by atoms with Crippen molar-refractivity contribution >= 4 is 131 Å². The minimum absolute atomic E-state index is 0.0544. The maximum atomic E-state index is 12.5. The number of rotatable bonds is 34. The molecule has 42 heteroatoms. The fourth-order valence-corrected chi connectivity index (χ4v) is 54.0. The Labute approximate surface area is 567 Å². The van der Waals surface area contributed by atoms with Gasteiger partial charge in [0.15, 0.2) is 78.5 Å². The average Bonchev–Trinajstić information content (AvgIpc) is 0.904. The first-order valence-electron chi connectivity index (χ1n) is 31.4. The molecule has 4 atom stereocenters. The predicted octanol–water partition coefficient (Wildman–Crippen LogP) is 19.5.